The fourth-order valence-electron chi connectivity index (χ4n) is 3.98. The van der Waals surface area contributed by atoms with Crippen LogP contribution < -0.4 is 0 Å². The Labute approximate surface area is 161 Å². The molecule has 1 aromatic heterocycles. The largest absolute Gasteiger partial charge is 0.462 e. The Bertz CT molecular complexity index is 703. The van der Waals surface area contributed by atoms with Crippen molar-refractivity contribution in [3.8, 4) is 0 Å². The topological polar surface area (TPSA) is 28.9 Å². The number of hydrogen-bond acceptors (Lipinski definition) is 4. The van der Waals surface area contributed by atoms with Gasteiger partial charge in [-0.05, 0) is 62.5 Å². The van der Waals surface area contributed by atoms with Crippen LogP contribution in [0.2, 0.25) is 0 Å². The normalized spacial score (nSPS) is 18.3. The average Bonchev–Trinajstić information content (AvgIpc) is 3.08. The van der Waals surface area contributed by atoms with Gasteiger partial charge in [-0.25, -0.2) is 4.39 Å². The summed E-state index contributed by atoms with van der Waals surface area (Å²) in [6, 6.07) is 11.1. The molecular weight excluding hydrogens is 343 g/mol. The van der Waals surface area contributed by atoms with E-state index in [4.69, 9.17) is 9.15 Å². The SMILES string of the molecule is COCc1ccc(CN(C)C[C@@H]2CCCN(CCc3ccccc3F)C2)o1. The summed E-state index contributed by atoms with van der Waals surface area (Å²) < 4.78 is 24.7. The molecule has 1 fully saturated rings. The zero-order valence-corrected chi connectivity index (χ0v) is 16.5. The molecule has 148 valence electrons. The van der Waals surface area contributed by atoms with Gasteiger partial charge in [0, 0.05) is 26.7 Å². The van der Waals surface area contributed by atoms with E-state index < -0.39 is 0 Å². The molecule has 0 bridgehead atoms. The van der Waals surface area contributed by atoms with Crippen molar-refractivity contribution in [1.82, 2.24) is 9.80 Å². The summed E-state index contributed by atoms with van der Waals surface area (Å²) in [6.45, 7) is 5.52. The minimum atomic E-state index is -0.0860. The Hall–Kier alpha value is -1.69. The number of ether oxygens (including phenoxy) is 1. The first-order valence-corrected chi connectivity index (χ1v) is 9.85. The van der Waals surface area contributed by atoms with Crippen LogP contribution in [0.25, 0.3) is 0 Å². The van der Waals surface area contributed by atoms with E-state index in [1.807, 2.05) is 24.3 Å². The molecule has 1 aromatic carbocycles. The first-order valence-electron chi connectivity index (χ1n) is 9.85. The molecule has 3 rings (SSSR count). The maximum atomic E-state index is 13.8. The molecule has 0 aliphatic carbocycles. The highest BCUT2D eigenvalue weighted by molar-refractivity contribution is 5.17. The Morgan fingerprint density at radius 2 is 2.04 bits per heavy atom. The zero-order valence-electron chi connectivity index (χ0n) is 16.5. The third-order valence-electron chi connectivity index (χ3n) is 5.26. The first kappa shape index (κ1) is 20.1. The van der Waals surface area contributed by atoms with Crippen LogP contribution in [0.3, 0.4) is 0 Å². The van der Waals surface area contributed by atoms with Crippen LogP contribution >= 0.6 is 0 Å². The van der Waals surface area contributed by atoms with Crippen LogP contribution in [-0.2, 0) is 24.3 Å². The number of likely N-dealkylation sites (tertiary alicyclic amines) is 1. The summed E-state index contributed by atoms with van der Waals surface area (Å²) >= 11 is 0. The molecule has 5 heteroatoms. The van der Waals surface area contributed by atoms with Crippen LogP contribution in [0.15, 0.2) is 40.8 Å². The lowest BCUT2D eigenvalue weighted by molar-refractivity contribution is 0.136. The Morgan fingerprint density at radius 3 is 2.85 bits per heavy atom. The summed E-state index contributed by atoms with van der Waals surface area (Å²) in [7, 11) is 3.83. The molecule has 0 saturated carbocycles. The van der Waals surface area contributed by atoms with Crippen molar-refractivity contribution in [3.63, 3.8) is 0 Å². The van der Waals surface area contributed by atoms with Crippen molar-refractivity contribution in [2.45, 2.75) is 32.4 Å². The molecule has 1 aliphatic rings. The Morgan fingerprint density at radius 1 is 1.22 bits per heavy atom. The molecule has 0 amide bonds. The Balaban J connectivity index is 1.43. The standard InChI is InChI=1S/C22H31FN2O2/c1-24(16-20-9-10-21(27-20)17-26-2)14-18-6-5-12-25(15-18)13-11-19-7-3-4-8-22(19)23/h3-4,7-10,18H,5-6,11-17H2,1-2H3/t18-/m0/s1. The van der Waals surface area contributed by atoms with Crippen molar-refractivity contribution in [2.24, 2.45) is 5.92 Å². The molecule has 1 atom stereocenters. The van der Waals surface area contributed by atoms with Gasteiger partial charge in [0.15, 0.2) is 0 Å². The van der Waals surface area contributed by atoms with Crippen molar-refractivity contribution in [1.29, 1.82) is 0 Å². The highest BCUT2D eigenvalue weighted by atomic mass is 19.1. The van der Waals surface area contributed by atoms with Crippen molar-refractivity contribution >= 4 is 0 Å². The second-order valence-corrected chi connectivity index (χ2v) is 7.65. The second-order valence-electron chi connectivity index (χ2n) is 7.65. The number of benzene rings is 1. The maximum absolute atomic E-state index is 13.8. The van der Waals surface area contributed by atoms with Crippen LogP contribution in [0, 0.1) is 11.7 Å². The average molecular weight is 375 g/mol. The summed E-state index contributed by atoms with van der Waals surface area (Å²) in [6.07, 6.45) is 3.26. The van der Waals surface area contributed by atoms with E-state index in [1.165, 1.54) is 12.8 Å². The first-order chi connectivity index (χ1) is 13.1. The van der Waals surface area contributed by atoms with Gasteiger partial charge >= 0.3 is 0 Å². The monoisotopic (exact) mass is 374 g/mol. The van der Waals surface area contributed by atoms with Gasteiger partial charge in [-0.1, -0.05) is 18.2 Å². The summed E-state index contributed by atoms with van der Waals surface area (Å²) in [4.78, 5) is 4.82. The van der Waals surface area contributed by atoms with E-state index in [9.17, 15) is 4.39 Å². The van der Waals surface area contributed by atoms with E-state index in [2.05, 4.69) is 16.8 Å². The smallest absolute Gasteiger partial charge is 0.129 e. The van der Waals surface area contributed by atoms with E-state index in [0.717, 1.165) is 56.2 Å². The summed E-state index contributed by atoms with van der Waals surface area (Å²) in [5.74, 6) is 2.42. The molecular formula is C22H31FN2O2. The Kier molecular flexibility index (Phi) is 7.44. The third kappa shape index (κ3) is 6.16. The molecule has 2 aromatic rings. The van der Waals surface area contributed by atoms with Crippen LogP contribution in [0.1, 0.15) is 29.9 Å². The van der Waals surface area contributed by atoms with E-state index >= 15 is 0 Å². The zero-order chi connectivity index (χ0) is 19.1. The van der Waals surface area contributed by atoms with E-state index in [0.29, 0.717) is 12.5 Å². The van der Waals surface area contributed by atoms with Gasteiger partial charge in [-0.15, -0.1) is 0 Å². The summed E-state index contributed by atoms with van der Waals surface area (Å²) in [5.41, 5.74) is 0.821. The van der Waals surface area contributed by atoms with E-state index in [1.54, 1.807) is 19.2 Å². The van der Waals surface area contributed by atoms with Gasteiger partial charge in [0.2, 0.25) is 0 Å². The number of nitrogens with zero attached hydrogens (tertiary/aromatic N) is 2. The number of halogens is 1. The van der Waals surface area contributed by atoms with Crippen molar-refractivity contribution in [3.05, 3.63) is 59.3 Å². The molecule has 1 saturated heterocycles. The van der Waals surface area contributed by atoms with Gasteiger partial charge in [-0.3, -0.25) is 4.90 Å². The predicted octanol–water partition coefficient (Wildman–Crippen LogP) is 3.95. The highest BCUT2D eigenvalue weighted by Gasteiger charge is 2.21. The van der Waals surface area contributed by atoms with Crippen LogP contribution in [0.4, 0.5) is 4.39 Å². The number of hydrogen-bond donors (Lipinski definition) is 0. The number of piperidine rings is 1. The predicted molar refractivity (Wildman–Crippen MR) is 105 cm³/mol. The lowest BCUT2D eigenvalue weighted by Gasteiger charge is -2.34. The summed E-state index contributed by atoms with van der Waals surface area (Å²) in [5, 5.41) is 0. The number of rotatable bonds is 9. The van der Waals surface area contributed by atoms with Gasteiger partial charge < -0.3 is 14.1 Å². The molecule has 2 heterocycles. The molecule has 0 radical (unpaired) electrons. The third-order valence-corrected chi connectivity index (χ3v) is 5.26. The van der Waals surface area contributed by atoms with Gasteiger partial charge in [0.25, 0.3) is 0 Å². The molecule has 0 spiro atoms. The molecule has 4 nitrogen and oxygen atoms in total. The lowest BCUT2D eigenvalue weighted by Crippen LogP contribution is -2.40. The van der Waals surface area contributed by atoms with Crippen molar-refractivity contribution < 1.29 is 13.5 Å². The van der Waals surface area contributed by atoms with Crippen molar-refractivity contribution in [2.75, 3.05) is 40.3 Å². The maximum Gasteiger partial charge on any atom is 0.129 e. The van der Waals surface area contributed by atoms with Gasteiger partial charge in [0.1, 0.15) is 23.9 Å². The lowest BCUT2D eigenvalue weighted by atomic mass is 9.97. The number of methoxy groups -OCH3 is 1. The van der Waals surface area contributed by atoms with Gasteiger partial charge in [-0.2, -0.15) is 0 Å². The molecule has 0 unspecified atom stereocenters. The van der Waals surface area contributed by atoms with E-state index in [-0.39, 0.29) is 5.82 Å². The van der Waals surface area contributed by atoms with Crippen LogP contribution in [0.5, 0.6) is 0 Å². The molecule has 1 aliphatic heterocycles. The molecule has 27 heavy (non-hydrogen) atoms. The molecule has 0 N–H and O–H groups in total. The fourth-order valence-corrected chi connectivity index (χ4v) is 3.98. The second kappa shape index (κ2) is 10.0. The van der Waals surface area contributed by atoms with Gasteiger partial charge in [0.05, 0.1) is 6.54 Å². The highest BCUT2D eigenvalue weighted by Crippen LogP contribution is 2.19. The van der Waals surface area contributed by atoms with Crippen LogP contribution in [-0.4, -0.2) is 50.1 Å². The fraction of sp³-hybridized carbons (Fsp3) is 0.545. The minimum absolute atomic E-state index is 0.0860. The number of furan rings is 1. The minimum Gasteiger partial charge on any atom is -0.462 e. The quantitative estimate of drug-likeness (QED) is 0.665.